The minimum atomic E-state index is -3.57. The molecule has 0 saturated heterocycles. The lowest BCUT2D eigenvalue weighted by molar-refractivity contribution is -0.115. The molecule has 0 heterocycles. The van der Waals surface area contributed by atoms with Gasteiger partial charge >= 0.3 is 0 Å². The standard InChI is InChI=1S/C21H29N3O3S/c1-5-24(6-2)28(26,27)19-13-12-16(3)20(14-19)23-21(25)15-22-17(4)18-10-8-7-9-11-18/h7-14,17,22H,5-6,15H2,1-4H3,(H,23,25)/t17-/m0/s1. The van der Waals surface area contributed by atoms with Gasteiger partial charge < -0.3 is 10.6 Å². The Balaban J connectivity index is 2.08. The van der Waals surface area contributed by atoms with Gasteiger partial charge in [-0.15, -0.1) is 0 Å². The van der Waals surface area contributed by atoms with Gasteiger partial charge in [-0.25, -0.2) is 8.42 Å². The van der Waals surface area contributed by atoms with Crippen molar-refractivity contribution in [3.8, 4) is 0 Å². The van der Waals surface area contributed by atoms with Gasteiger partial charge in [0.15, 0.2) is 0 Å². The number of hydrogen-bond donors (Lipinski definition) is 2. The third kappa shape index (κ3) is 5.41. The lowest BCUT2D eigenvalue weighted by Gasteiger charge is -2.19. The van der Waals surface area contributed by atoms with Gasteiger partial charge in [-0.05, 0) is 37.1 Å². The third-order valence-corrected chi connectivity index (χ3v) is 6.74. The van der Waals surface area contributed by atoms with Crippen LogP contribution in [0.1, 0.15) is 37.9 Å². The predicted molar refractivity (Wildman–Crippen MR) is 113 cm³/mol. The number of anilines is 1. The van der Waals surface area contributed by atoms with E-state index in [2.05, 4.69) is 10.6 Å². The molecule has 0 radical (unpaired) electrons. The Morgan fingerprint density at radius 3 is 2.32 bits per heavy atom. The number of benzene rings is 2. The van der Waals surface area contributed by atoms with Gasteiger partial charge in [0.05, 0.1) is 11.4 Å². The number of nitrogens with one attached hydrogen (secondary N) is 2. The molecule has 1 atom stereocenters. The summed E-state index contributed by atoms with van der Waals surface area (Å²) < 4.78 is 26.8. The Morgan fingerprint density at radius 1 is 1.07 bits per heavy atom. The summed E-state index contributed by atoms with van der Waals surface area (Å²) in [7, 11) is -3.57. The number of nitrogens with zero attached hydrogens (tertiary/aromatic N) is 1. The first-order valence-electron chi connectivity index (χ1n) is 9.48. The summed E-state index contributed by atoms with van der Waals surface area (Å²) >= 11 is 0. The lowest BCUT2D eigenvalue weighted by atomic mass is 10.1. The van der Waals surface area contributed by atoms with E-state index in [0.29, 0.717) is 18.8 Å². The lowest BCUT2D eigenvalue weighted by Crippen LogP contribution is -2.31. The van der Waals surface area contributed by atoms with Crippen LogP contribution in [-0.4, -0.2) is 38.3 Å². The van der Waals surface area contributed by atoms with Crippen LogP contribution in [0, 0.1) is 6.92 Å². The Hall–Kier alpha value is -2.22. The highest BCUT2D eigenvalue weighted by Crippen LogP contribution is 2.23. The van der Waals surface area contributed by atoms with Gasteiger partial charge in [0, 0.05) is 24.8 Å². The maximum Gasteiger partial charge on any atom is 0.243 e. The van der Waals surface area contributed by atoms with Crippen molar-refractivity contribution in [2.45, 2.75) is 38.6 Å². The molecule has 0 aliphatic heterocycles. The Morgan fingerprint density at radius 2 is 1.71 bits per heavy atom. The molecule has 6 nitrogen and oxygen atoms in total. The van der Waals surface area contributed by atoms with Crippen LogP contribution < -0.4 is 10.6 Å². The fourth-order valence-electron chi connectivity index (χ4n) is 2.91. The van der Waals surface area contributed by atoms with Crippen molar-refractivity contribution in [3.05, 3.63) is 59.7 Å². The molecule has 2 aromatic carbocycles. The molecule has 0 fully saturated rings. The van der Waals surface area contributed by atoms with Crippen molar-refractivity contribution in [2.75, 3.05) is 25.0 Å². The number of sulfonamides is 1. The molecule has 2 rings (SSSR count). The number of carbonyl (C=O) groups is 1. The summed E-state index contributed by atoms with van der Waals surface area (Å²) in [6, 6.07) is 14.7. The second-order valence-electron chi connectivity index (χ2n) is 6.63. The minimum Gasteiger partial charge on any atom is -0.325 e. The quantitative estimate of drug-likeness (QED) is 0.673. The van der Waals surface area contributed by atoms with Crippen molar-refractivity contribution < 1.29 is 13.2 Å². The van der Waals surface area contributed by atoms with Crippen LogP contribution in [0.3, 0.4) is 0 Å². The van der Waals surface area contributed by atoms with Crippen LogP contribution in [0.5, 0.6) is 0 Å². The zero-order valence-electron chi connectivity index (χ0n) is 16.9. The van der Waals surface area contributed by atoms with Crippen molar-refractivity contribution in [3.63, 3.8) is 0 Å². The van der Waals surface area contributed by atoms with E-state index in [-0.39, 0.29) is 23.4 Å². The average Bonchev–Trinajstić information content (AvgIpc) is 2.69. The zero-order valence-corrected chi connectivity index (χ0v) is 17.7. The van der Waals surface area contributed by atoms with E-state index in [1.807, 2.05) is 44.2 Å². The predicted octanol–water partition coefficient (Wildman–Crippen LogP) is 3.31. The van der Waals surface area contributed by atoms with E-state index in [1.165, 1.54) is 10.4 Å². The molecule has 152 valence electrons. The molecule has 1 amide bonds. The monoisotopic (exact) mass is 403 g/mol. The molecule has 2 N–H and O–H groups in total. The number of amides is 1. The van der Waals surface area contributed by atoms with E-state index >= 15 is 0 Å². The van der Waals surface area contributed by atoms with E-state index < -0.39 is 10.0 Å². The summed E-state index contributed by atoms with van der Waals surface area (Å²) in [5.41, 5.74) is 2.41. The highest BCUT2D eigenvalue weighted by atomic mass is 32.2. The van der Waals surface area contributed by atoms with Gasteiger partial charge in [0.25, 0.3) is 0 Å². The number of hydrogen-bond acceptors (Lipinski definition) is 4. The Labute approximate surface area is 168 Å². The summed E-state index contributed by atoms with van der Waals surface area (Å²) in [4.78, 5) is 12.6. The maximum absolute atomic E-state index is 12.7. The molecular weight excluding hydrogens is 374 g/mol. The smallest absolute Gasteiger partial charge is 0.243 e. The van der Waals surface area contributed by atoms with Crippen LogP contribution in [0.25, 0.3) is 0 Å². The van der Waals surface area contributed by atoms with E-state index in [4.69, 9.17) is 0 Å². The van der Waals surface area contributed by atoms with E-state index in [9.17, 15) is 13.2 Å². The van der Waals surface area contributed by atoms with Crippen molar-refractivity contribution in [2.24, 2.45) is 0 Å². The van der Waals surface area contributed by atoms with Gasteiger partial charge in [-0.1, -0.05) is 50.2 Å². The average molecular weight is 404 g/mol. The Kier molecular flexibility index (Phi) is 7.74. The molecule has 28 heavy (non-hydrogen) atoms. The molecule has 0 bridgehead atoms. The fraction of sp³-hybridized carbons (Fsp3) is 0.381. The SMILES string of the molecule is CCN(CC)S(=O)(=O)c1ccc(C)c(NC(=O)CN[C@@H](C)c2ccccc2)c1. The molecule has 0 spiro atoms. The molecule has 7 heteroatoms. The van der Waals surface area contributed by atoms with E-state index in [0.717, 1.165) is 11.1 Å². The largest absolute Gasteiger partial charge is 0.325 e. The fourth-order valence-corrected chi connectivity index (χ4v) is 4.39. The zero-order chi connectivity index (χ0) is 20.7. The van der Waals surface area contributed by atoms with Crippen LogP contribution in [0.15, 0.2) is 53.4 Å². The second-order valence-corrected chi connectivity index (χ2v) is 8.57. The second kappa shape index (κ2) is 9.82. The number of aryl methyl sites for hydroxylation is 1. The van der Waals surface area contributed by atoms with Crippen LogP contribution in [0.4, 0.5) is 5.69 Å². The maximum atomic E-state index is 12.7. The van der Waals surface area contributed by atoms with Gasteiger partial charge in [-0.3, -0.25) is 4.79 Å². The molecule has 0 unspecified atom stereocenters. The molecule has 0 aliphatic rings. The Bertz CT molecular complexity index is 894. The van der Waals surface area contributed by atoms with Crippen LogP contribution in [-0.2, 0) is 14.8 Å². The molecule has 0 saturated carbocycles. The molecule has 0 aromatic heterocycles. The molecule has 0 aliphatic carbocycles. The first-order chi connectivity index (χ1) is 13.3. The first-order valence-corrected chi connectivity index (χ1v) is 10.9. The summed E-state index contributed by atoms with van der Waals surface area (Å²) in [6.07, 6.45) is 0. The number of rotatable bonds is 9. The first kappa shape index (κ1) is 22.1. The van der Waals surface area contributed by atoms with Crippen molar-refractivity contribution in [1.29, 1.82) is 0 Å². The summed E-state index contributed by atoms with van der Waals surface area (Å²) in [5, 5.41) is 6.00. The molecule has 2 aromatic rings. The molecular formula is C21H29N3O3S. The summed E-state index contributed by atoms with van der Waals surface area (Å²) in [6.45, 7) is 8.36. The topological polar surface area (TPSA) is 78.5 Å². The van der Waals surface area contributed by atoms with Gasteiger partial charge in [0.1, 0.15) is 0 Å². The third-order valence-electron chi connectivity index (χ3n) is 4.69. The van der Waals surface area contributed by atoms with Crippen molar-refractivity contribution in [1.82, 2.24) is 9.62 Å². The summed E-state index contributed by atoms with van der Waals surface area (Å²) in [5.74, 6) is -0.219. The highest BCUT2D eigenvalue weighted by molar-refractivity contribution is 7.89. The minimum absolute atomic E-state index is 0.0300. The van der Waals surface area contributed by atoms with Gasteiger partial charge in [-0.2, -0.15) is 4.31 Å². The normalized spacial score (nSPS) is 12.8. The number of carbonyl (C=O) groups excluding carboxylic acids is 1. The van der Waals surface area contributed by atoms with Crippen LogP contribution in [0.2, 0.25) is 0 Å². The van der Waals surface area contributed by atoms with Gasteiger partial charge in [0.2, 0.25) is 15.9 Å². The van der Waals surface area contributed by atoms with E-state index in [1.54, 1.807) is 26.0 Å². The highest BCUT2D eigenvalue weighted by Gasteiger charge is 2.22. The van der Waals surface area contributed by atoms with Crippen molar-refractivity contribution >= 4 is 21.6 Å². The van der Waals surface area contributed by atoms with Crippen LogP contribution >= 0.6 is 0 Å².